The van der Waals surface area contributed by atoms with Crippen LogP contribution in [0, 0.1) is 0 Å². The lowest BCUT2D eigenvalue weighted by molar-refractivity contribution is 0.0697. The van der Waals surface area contributed by atoms with Gasteiger partial charge in [0.25, 0.3) is 0 Å². The Bertz CT molecular complexity index is 631. The molecule has 0 heterocycles. The number of hydrogen-bond donors (Lipinski definition) is 2. The normalized spacial score (nSPS) is 10.8. The molecule has 0 amide bonds. The Morgan fingerprint density at radius 1 is 1.14 bits per heavy atom. The zero-order valence-electron chi connectivity index (χ0n) is 12.6. The van der Waals surface area contributed by atoms with Gasteiger partial charge in [0.15, 0.2) is 0 Å². The molecule has 0 unspecified atom stereocenters. The van der Waals surface area contributed by atoms with Crippen LogP contribution < -0.4 is 5.43 Å². The Hall–Kier alpha value is -2.62. The van der Waals surface area contributed by atoms with E-state index in [9.17, 15) is 4.79 Å². The molecule has 4 heteroatoms. The summed E-state index contributed by atoms with van der Waals surface area (Å²) in [6, 6.07) is 14.8. The number of nitrogens with zero attached hydrogens (tertiary/aromatic N) is 1. The first kappa shape index (κ1) is 15.8. The summed E-state index contributed by atoms with van der Waals surface area (Å²) in [7, 11) is 0. The third-order valence-electron chi connectivity index (χ3n) is 3.34. The van der Waals surface area contributed by atoms with E-state index >= 15 is 0 Å². The molecule has 0 bridgehead atoms. The number of carboxylic acid groups (broad SMARTS) is 1. The lowest BCUT2D eigenvalue weighted by Gasteiger charge is -2.02. The lowest BCUT2D eigenvalue weighted by atomic mass is 10.1. The number of unbranched alkanes of at least 4 members (excludes halogenated alkanes) is 1. The van der Waals surface area contributed by atoms with Gasteiger partial charge in [-0.05, 0) is 48.2 Å². The van der Waals surface area contributed by atoms with Crippen molar-refractivity contribution < 1.29 is 9.90 Å². The molecular weight excluding hydrogens is 276 g/mol. The van der Waals surface area contributed by atoms with E-state index in [1.165, 1.54) is 18.4 Å². The molecule has 114 valence electrons. The van der Waals surface area contributed by atoms with Crippen molar-refractivity contribution in [3.8, 4) is 0 Å². The topological polar surface area (TPSA) is 61.7 Å². The van der Waals surface area contributed by atoms with Gasteiger partial charge >= 0.3 is 5.97 Å². The standard InChI is InChI=1S/C18H20N2O2/c1-2-3-4-14-5-7-15(8-6-14)13-19-20-17-11-9-16(10-12-17)18(21)22/h5-13,20H,2-4H2,1H3,(H,21,22)/b19-13+. The predicted octanol–water partition coefficient (Wildman–Crippen LogP) is 4.17. The number of aromatic carboxylic acids is 1. The highest BCUT2D eigenvalue weighted by molar-refractivity contribution is 5.88. The summed E-state index contributed by atoms with van der Waals surface area (Å²) >= 11 is 0. The highest BCUT2D eigenvalue weighted by Crippen LogP contribution is 2.10. The summed E-state index contributed by atoms with van der Waals surface area (Å²) in [6.07, 6.45) is 5.27. The average molecular weight is 296 g/mol. The molecule has 0 spiro atoms. The monoisotopic (exact) mass is 296 g/mol. The van der Waals surface area contributed by atoms with Crippen molar-refractivity contribution in [1.29, 1.82) is 0 Å². The molecule has 4 nitrogen and oxygen atoms in total. The molecule has 0 aliphatic rings. The maximum absolute atomic E-state index is 10.8. The van der Waals surface area contributed by atoms with E-state index in [0.717, 1.165) is 17.7 Å². The second-order valence-corrected chi connectivity index (χ2v) is 5.10. The molecule has 2 aromatic carbocycles. The van der Waals surface area contributed by atoms with E-state index in [-0.39, 0.29) is 5.56 Å². The number of hydrogen-bond acceptors (Lipinski definition) is 3. The minimum Gasteiger partial charge on any atom is -0.478 e. The van der Waals surface area contributed by atoms with Crippen LogP contribution in [0.25, 0.3) is 0 Å². The summed E-state index contributed by atoms with van der Waals surface area (Å²) in [6.45, 7) is 2.19. The van der Waals surface area contributed by atoms with E-state index in [0.29, 0.717) is 0 Å². The SMILES string of the molecule is CCCCc1ccc(/C=N/Nc2ccc(C(=O)O)cc2)cc1. The largest absolute Gasteiger partial charge is 0.478 e. The van der Waals surface area contributed by atoms with Crippen LogP contribution in [0.2, 0.25) is 0 Å². The summed E-state index contributed by atoms with van der Waals surface area (Å²) < 4.78 is 0. The number of aryl methyl sites for hydroxylation is 1. The highest BCUT2D eigenvalue weighted by Gasteiger charge is 2.00. The minimum atomic E-state index is -0.932. The van der Waals surface area contributed by atoms with Crippen LogP contribution in [0.15, 0.2) is 53.6 Å². The quantitative estimate of drug-likeness (QED) is 0.595. The van der Waals surface area contributed by atoms with E-state index in [2.05, 4.69) is 29.6 Å². The Kier molecular flexibility index (Phi) is 5.72. The first-order chi connectivity index (χ1) is 10.7. The van der Waals surface area contributed by atoms with Gasteiger partial charge in [0, 0.05) is 0 Å². The van der Waals surface area contributed by atoms with Crippen LogP contribution in [-0.2, 0) is 6.42 Å². The Balaban J connectivity index is 1.90. The zero-order chi connectivity index (χ0) is 15.8. The summed E-state index contributed by atoms with van der Waals surface area (Å²) in [5, 5.41) is 13.0. The molecule has 2 aromatic rings. The van der Waals surface area contributed by atoms with Crippen molar-refractivity contribution in [1.82, 2.24) is 0 Å². The van der Waals surface area contributed by atoms with Crippen molar-refractivity contribution in [2.24, 2.45) is 5.10 Å². The highest BCUT2D eigenvalue weighted by atomic mass is 16.4. The predicted molar refractivity (Wildman–Crippen MR) is 89.7 cm³/mol. The number of rotatable bonds is 7. The number of hydrazone groups is 1. The van der Waals surface area contributed by atoms with Gasteiger partial charge in [-0.15, -0.1) is 0 Å². The van der Waals surface area contributed by atoms with E-state index in [1.807, 2.05) is 12.1 Å². The zero-order valence-corrected chi connectivity index (χ0v) is 12.6. The smallest absolute Gasteiger partial charge is 0.335 e. The van der Waals surface area contributed by atoms with Crippen molar-refractivity contribution in [2.75, 3.05) is 5.43 Å². The van der Waals surface area contributed by atoms with E-state index in [1.54, 1.807) is 30.5 Å². The van der Waals surface area contributed by atoms with Crippen molar-refractivity contribution in [3.05, 3.63) is 65.2 Å². The molecule has 0 aliphatic carbocycles. The van der Waals surface area contributed by atoms with Gasteiger partial charge in [-0.3, -0.25) is 5.43 Å². The number of carbonyl (C=O) groups is 1. The number of benzene rings is 2. The number of anilines is 1. The van der Waals surface area contributed by atoms with Crippen LogP contribution in [0.4, 0.5) is 5.69 Å². The fraction of sp³-hybridized carbons (Fsp3) is 0.222. The molecular formula is C18H20N2O2. The first-order valence-electron chi connectivity index (χ1n) is 7.40. The fourth-order valence-corrected chi connectivity index (χ4v) is 2.02. The van der Waals surface area contributed by atoms with Gasteiger partial charge in [0.2, 0.25) is 0 Å². The molecule has 0 saturated carbocycles. The molecule has 2 N–H and O–H groups in total. The summed E-state index contributed by atoms with van der Waals surface area (Å²) in [4.78, 5) is 10.8. The van der Waals surface area contributed by atoms with Gasteiger partial charge in [-0.25, -0.2) is 4.79 Å². The van der Waals surface area contributed by atoms with Gasteiger partial charge in [-0.2, -0.15) is 5.10 Å². The van der Waals surface area contributed by atoms with E-state index < -0.39 is 5.97 Å². The molecule has 0 fully saturated rings. The molecule has 0 aliphatic heterocycles. The lowest BCUT2D eigenvalue weighted by Crippen LogP contribution is -1.96. The third kappa shape index (κ3) is 4.74. The maximum Gasteiger partial charge on any atom is 0.335 e. The second-order valence-electron chi connectivity index (χ2n) is 5.10. The van der Waals surface area contributed by atoms with Crippen LogP contribution >= 0.6 is 0 Å². The van der Waals surface area contributed by atoms with Crippen LogP contribution in [0.5, 0.6) is 0 Å². The first-order valence-corrected chi connectivity index (χ1v) is 7.40. The number of carboxylic acids is 1. The van der Waals surface area contributed by atoms with Crippen molar-refractivity contribution >= 4 is 17.9 Å². The minimum absolute atomic E-state index is 0.261. The van der Waals surface area contributed by atoms with Gasteiger partial charge in [0.1, 0.15) is 0 Å². The van der Waals surface area contributed by atoms with E-state index in [4.69, 9.17) is 5.11 Å². The number of nitrogens with one attached hydrogen (secondary N) is 1. The summed E-state index contributed by atoms with van der Waals surface area (Å²) in [5.41, 5.74) is 6.26. The molecule has 0 saturated heterocycles. The molecule has 0 aromatic heterocycles. The second kappa shape index (κ2) is 7.98. The van der Waals surface area contributed by atoms with Gasteiger partial charge < -0.3 is 5.11 Å². The Morgan fingerprint density at radius 3 is 2.41 bits per heavy atom. The van der Waals surface area contributed by atoms with Crippen molar-refractivity contribution in [3.63, 3.8) is 0 Å². The molecule has 22 heavy (non-hydrogen) atoms. The average Bonchev–Trinajstić information content (AvgIpc) is 2.54. The van der Waals surface area contributed by atoms with Crippen LogP contribution in [0.1, 0.15) is 41.3 Å². The Labute approximate surface area is 130 Å². The van der Waals surface area contributed by atoms with Crippen LogP contribution in [-0.4, -0.2) is 17.3 Å². The summed E-state index contributed by atoms with van der Waals surface area (Å²) in [5.74, 6) is -0.932. The molecule has 0 atom stereocenters. The molecule has 0 radical (unpaired) electrons. The fourth-order valence-electron chi connectivity index (χ4n) is 2.02. The van der Waals surface area contributed by atoms with Crippen LogP contribution in [0.3, 0.4) is 0 Å². The third-order valence-corrected chi connectivity index (χ3v) is 3.34. The maximum atomic E-state index is 10.8. The van der Waals surface area contributed by atoms with Gasteiger partial charge in [-0.1, -0.05) is 37.6 Å². The van der Waals surface area contributed by atoms with Crippen molar-refractivity contribution in [2.45, 2.75) is 26.2 Å². The molecule has 2 rings (SSSR count). The Morgan fingerprint density at radius 2 is 1.82 bits per heavy atom. The van der Waals surface area contributed by atoms with Gasteiger partial charge in [0.05, 0.1) is 17.5 Å².